The Morgan fingerprint density at radius 3 is 2.68 bits per heavy atom. The van der Waals surface area contributed by atoms with Crippen LogP contribution in [0, 0.1) is 6.92 Å². The summed E-state index contributed by atoms with van der Waals surface area (Å²) in [5.41, 5.74) is 0.771. The summed E-state index contributed by atoms with van der Waals surface area (Å²) in [5, 5.41) is 18.6. The number of aliphatic hydroxyl groups is 1. The maximum Gasteiger partial charge on any atom is 0.322 e. The van der Waals surface area contributed by atoms with Crippen LogP contribution < -0.4 is 0 Å². The summed E-state index contributed by atoms with van der Waals surface area (Å²) in [7, 11) is -3.90. The topological polar surface area (TPSA) is 94.9 Å². The van der Waals surface area contributed by atoms with Gasteiger partial charge in [0.25, 0.3) is 0 Å². The molecule has 1 unspecified atom stereocenters. The van der Waals surface area contributed by atoms with Gasteiger partial charge in [0.05, 0.1) is 11.0 Å². The first kappa shape index (κ1) is 14.0. The molecule has 104 valence electrons. The lowest BCUT2D eigenvalue weighted by atomic mass is 10.2. The predicted molar refractivity (Wildman–Crippen MR) is 67.1 cm³/mol. The van der Waals surface area contributed by atoms with Crippen molar-refractivity contribution in [2.45, 2.75) is 30.4 Å². The molecule has 1 aromatic rings. The van der Waals surface area contributed by atoms with E-state index in [0.717, 1.165) is 9.87 Å². The smallest absolute Gasteiger partial charge is 0.322 e. The van der Waals surface area contributed by atoms with Crippen molar-refractivity contribution in [1.82, 2.24) is 4.31 Å². The van der Waals surface area contributed by atoms with E-state index < -0.39 is 28.1 Å². The van der Waals surface area contributed by atoms with Crippen molar-refractivity contribution < 1.29 is 23.4 Å². The van der Waals surface area contributed by atoms with E-state index in [2.05, 4.69) is 0 Å². The van der Waals surface area contributed by atoms with Gasteiger partial charge >= 0.3 is 5.97 Å². The fourth-order valence-electron chi connectivity index (χ4n) is 2.19. The number of nitrogens with zero attached hydrogens (tertiary/aromatic N) is 1. The van der Waals surface area contributed by atoms with Crippen LogP contribution in [0.1, 0.15) is 12.0 Å². The fourth-order valence-corrected chi connectivity index (χ4v) is 3.92. The molecule has 1 aliphatic rings. The Labute approximate surface area is 111 Å². The Morgan fingerprint density at radius 2 is 2.11 bits per heavy atom. The molecule has 6 nitrogen and oxygen atoms in total. The highest BCUT2D eigenvalue weighted by Gasteiger charge is 2.43. The van der Waals surface area contributed by atoms with Crippen molar-refractivity contribution in [2.75, 3.05) is 6.54 Å². The number of sulfonamides is 1. The molecule has 1 aliphatic heterocycles. The van der Waals surface area contributed by atoms with Gasteiger partial charge in [-0.25, -0.2) is 8.42 Å². The maximum absolute atomic E-state index is 12.4. The number of aliphatic carboxylic acids is 1. The second-order valence-electron chi connectivity index (χ2n) is 4.63. The lowest BCUT2D eigenvalue weighted by Gasteiger charge is -2.20. The molecule has 1 saturated heterocycles. The lowest BCUT2D eigenvalue weighted by Crippen LogP contribution is -2.40. The zero-order chi connectivity index (χ0) is 14.2. The summed E-state index contributed by atoms with van der Waals surface area (Å²) in [5.74, 6) is -1.24. The first-order chi connectivity index (χ1) is 8.82. The van der Waals surface area contributed by atoms with Crippen LogP contribution in [-0.2, 0) is 14.8 Å². The standard InChI is InChI=1S/C12H15NO5S/c1-8-3-2-4-10(5-8)19(17,18)13-7-9(14)6-11(13)12(15)16/h2-5,9,11,14H,6-7H2,1H3,(H,15,16)/t9?,11-/m0/s1. The summed E-state index contributed by atoms with van der Waals surface area (Å²) >= 11 is 0. The van der Waals surface area contributed by atoms with Crippen LogP contribution >= 0.6 is 0 Å². The van der Waals surface area contributed by atoms with Crippen molar-refractivity contribution in [3.8, 4) is 0 Å². The molecular formula is C12H15NO5S. The molecule has 0 aliphatic carbocycles. The van der Waals surface area contributed by atoms with E-state index in [0.29, 0.717) is 0 Å². The summed E-state index contributed by atoms with van der Waals surface area (Å²) in [6, 6.07) is 5.06. The van der Waals surface area contributed by atoms with E-state index in [9.17, 15) is 18.3 Å². The number of aliphatic hydroxyl groups excluding tert-OH is 1. The van der Waals surface area contributed by atoms with Gasteiger partial charge in [0.2, 0.25) is 10.0 Å². The average molecular weight is 285 g/mol. The molecular weight excluding hydrogens is 270 g/mol. The van der Waals surface area contributed by atoms with Gasteiger partial charge in [0.1, 0.15) is 6.04 Å². The third kappa shape index (κ3) is 2.63. The molecule has 1 fully saturated rings. The molecule has 1 heterocycles. The largest absolute Gasteiger partial charge is 0.480 e. The molecule has 7 heteroatoms. The molecule has 0 radical (unpaired) electrons. The molecule has 2 rings (SSSR count). The van der Waals surface area contributed by atoms with Gasteiger partial charge in [0.15, 0.2) is 0 Å². The monoisotopic (exact) mass is 285 g/mol. The van der Waals surface area contributed by atoms with Gasteiger partial charge < -0.3 is 10.2 Å². The molecule has 0 saturated carbocycles. The van der Waals surface area contributed by atoms with Gasteiger partial charge in [0, 0.05) is 13.0 Å². The highest BCUT2D eigenvalue weighted by Crippen LogP contribution is 2.26. The van der Waals surface area contributed by atoms with Crippen molar-refractivity contribution >= 4 is 16.0 Å². The second-order valence-corrected chi connectivity index (χ2v) is 6.53. The van der Waals surface area contributed by atoms with Crippen LogP contribution in [-0.4, -0.2) is 47.6 Å². The summed E-state index contributed by atoms with van der Waals surface area (Å²) in [4.78, 5) is 11.1. The minimum Gasteiger partial charge on any atom is -0.480 e. The van der Waals surface area contributed by atoms with E-state index in [1.54, 1.807) is 19.1 Å². The van der Waals surface area contributed by atoms with Gasteiger partial charge in [-0.1, -0.05) is 12.1 Å². The molecule has 0 bridgehead atoms. The zero-order valence-electron chi connectivity index (χ0n) is 10.4. The lowest BCUT2D eigenvalue weighted by molar-refractivity contribution is -0.140. The molecule has 2 atom stereocenters. The molecule has 0 aromatic heterocycles. The number of aryl methyl sites for hydroxylation is 1. The fraction of sp³-hybridized carbons (Fsp3) is 0.417. The van der Waals surface area contributed by atoms with E-state index >= 15 is 0 Å². The second kappa shape index (κ2) is 4.92. The average Bonchev–Trinajstić information content (AvgIpc) is 2.72. The minimum atomic E-state index is -3.90. The van der Waals surface area contributed by atoms with Crippen LogP contribution in [0.25, 0.3) is 0 Å². The SMILES string of the molecule is Cc1cccc(S(=O)(=O)N2CC(O)C[C@H]2C(=O)O)c1. The van der Waals surface area contributed by atoms with Crippen molar-refractivity contribution in [1.29, 1.82) is 0 Å². The number of benzene rings is 1. The quantitative estimate of drug-likeness (QED) is 0.827. The molecule has 0 spiro atoms. The Hall–Kier alpha value is -1.44. The van der Waals surface area contributed by atoms with Gasteiger partial charge in [-0.2, -0.15) is 4.31 Å². The molecule has 19 heavy (non-hydrogen) atoms. The normalized spacial score (nSPS) is 24.5. The summed E-state index contributed by atoms with van der Waals surface area (Å²) in [6.45, 7) is 1.57. The van der Waals surface area contributed by atoms with Crippen LogP contribution in [0.5, 0.6) is 0 Å². The van der Waals surface area contributed by atoms with Crippen LogP contribution in [0.15, 0.2) is 29.2 Å². The number of hydrogen-bond acceptors (Lipinski definition) is 4. The van der Waals surface area contributed by atoms with E-state index in [1.165, 1.54) is 12.1 Å². The molecule has 0 amide bonds. The predicted octanol–water partition coefficient (Wildman–Crippen LogP) is 0.204. The third-order valence-corrected chi connectivity index (χ3v) is 4.99. The van der Waals surface area contributed by atoms with Crippen molar-refractivity contribution in [2.24, 2.45) is 0 Å². The summed E-state index contributed by atoms with van der Waals surface area (Å²) < 4.78 is 25.7. The minimum absolute atomic E-state index is 0.0489. The number of carbonyl (C=O) groups is 1. The Kier molecular flexibility index (Phi) is 3.62. The van der Waals surface area contributed by atoms with Crippen LogP contribution in [0.2, 0.25) is 0 Å². The van der Waals surface area contributed by atoms with E-state index in [1.807, 2.05) is 0 Å². The first-order valence-electron chi connectivity index (χ1n) is 5.82. The maximum atomic E-state index is 12.4. The van der Waals surface area contributed by atoms with Crippen LogP contribution in [0.4, 0.5) is 0 Å². The highest BCUT2D eigenvalue weighted by atomic mass is 32.2. The van der Waals surface area contributed by atoms with Crippen LogP contribution in [0.3, 0.4) is 0 Å². The zero-order valence-corrected chi connectivity index (χ0v) is 11.2. The Balaban J connectivity index is 2.41. The number of β-amino-alcohol motifs (C(OH)–C–C–N with tert-alkyl or cyclic N) is 1. The first-order valence-corrected chi connectivity index (χ1v) is 7.26. The number of carboxylic acids is 1. The van der Waals surface area contributed by atoms with Crippen molar-refractivity contribution in [3.05, 3.63) is 29.8 Å². The highest BCUT2D eigenvalue weighted by molar-refractivity contribution is 7.89. The number of carboxylic acid groups (broad SMARTS) is 1. The Morgan fingerprint density at radius 1 is 1.42 bits per heavy atom. The summed E-state index contributed by atoms with van der Waals surface area (Å²) in [6.07, 6.45) is -1.03. The molecule has 1 aromatic carbocycles. The number of hydrogen-bond donors (Lipinski definition) is 2. The van der Waals surface area contributed by atoms with E-state index in [-0.39, 0.29) is 17.9 Å². The van der Waals surface area contributed by atoms with Crippen molar-refractivity contribution in [3.63, 3.8) is 0 Å². The number of rotatable bonds is 3. The Bertz CT molecular complexity index is 598. The van der Waals surface area contributed by atoms with E-state index in [4.69, 9.17) is 5.11 Å². The third-order valence-electron chi connectivity index (χ3n) is 3.11. The van der Waals surface area contributed by atoms with Gasteiger partial charge in [-0.15, -0.1) is 0 Å². The van der Waals surface area contributed by atoms with Gasteiger partial charge in [-0.05, 0) is 24.6 Å². The molecule has 2 N–H and O–H groups in total. The van der Waals surface area contributed by atoms with Gasteiger partial charge in [-0.3, -0.25) is 4.79 Å².